The van der Waals surface area contributed by atoms with Gasteiger partial charge < -0.3 is 10.2 Å². The average molecular weight is 368 g/mol. The van der Waals surface area contributed by atoms with E-state index in [1.54, 1.807) is 12.1 Å². The van der Waals surface area contributed by atoms with E-state index in [4.69, 9.17) is 23.2 Å². The molecular weight excluding hydrogens is 353 g/mol. The van der Waals surface area contributed by atoms with Crippen molar-refractivity contribution in [1.82, 2.24) is 9.88 Å². The Labute approximate surface area is 148 Å². The van der Waals surface area contributed by atoms with Crippen LogP contribution in [-0.2, 0) is 4.79 Å². The van der Waals surface area contributed by atoms with Crippen LogP contribution in [0.2, 0.25) is 10.0 Å². The minimum Gasteiger partial charge on any atom is -0.306 e. The third-order valence-electron chi connectivity index (χ3n) is 3.62. The molecule has 0 saturated carbocycles. The molecule has 0 atom stereocenters. The zero-order chi connectivity index (χ0) is 16.4. The zero-order valence-electron chi connectivity index (χ0n) is 12.5. The fraction of sp³-hybridized carbons (Fsp3) is 0.250. The molecule has 0 saturated heterocycles. The molecule has 4 nitrogen and oxygen atoms in total. The Morgan fingerprint density at radius 3 is 2.87 bits per heavy atom. The van der Waals surface area contributed by atoms with Crippen LogP contribution < -0.4 is 5.32 Å². The van der Waals surface area contributed by atoms with E-state index in [9.17, 15) is 4.79 Å². The Bertz CT molecular complexity index is 772. The van der Waals surface area contributed by atoms with Gasteiger partial charge in [0.25, 0.3) is 5.91 Å². The SMILES string of the molecule is CN1CC=C(C(=O)Nc2csc(-c3ccc(Cl)c(Cl)c3)n2)CC1. The van der Waals surface area contributed by atoms with E-state index in [1.165, 1.54) is 11.3 Å². The summed E-state index contributed by atoms with van der Waals surface area (Å²) in [5.74, 6) is 0.477. The lowest BCUT2D eigenvalue weighted by molar-refractivity contribution is -0.113. The molecule has 1 amide bonds. The zero-order valence-corrected chi connectivity index (χ0v) is 14.8. The summed E-state index contributed by atoms with van der Waals surface area (Å²) in [5.41, 5.74) is 1.69. The van der Waals surface area contributed by atoms with E-state index < -0.39 is 0 Å². The summed E-state index contributed by atoms with van der Waals surface area (Å²) in [6, 6.07) is 5.37. The van der Waals surface area contributed by atoms with Gasteiger partial charge in [-0.25, -0.2) is 4.98 Å². The summed E-state index contributed by atoms with van der Waals surface area (Å²) < 4.78 is 0. The number of hydrogen-bond donors (Lipinski definition) is 1. The Morgan fingerprint density at radius 2 is 2.17 bits per heavy atom. The van der Waals surface area contributed by atoms with Gasteiger partial charge >= 0.3 is 0 Å². The molecule has 2 aromatic rings. The molecule has 2 heterocycles. The molecule has 0 unspecified atom stereocenters. The number of thiazole rings is 1. The monoisotopic (exact) mass is 367 g/mol. The number of likely N-dealkylation sites (N-methyl/N-ethyl adjacent to an activating group) is 1. The molecule has 120 valence electrons. The number of nitrogens with one attached hydrogen (secondary N) is 1. The molecule has 23 heavy (non-hydrogen) atoms. The first-order valence-corrected chi connectivity index (χ1v) is 8.76. The van der Waals surface area contributed by atoms with E-state index in [0.717, 1.165) is 35.7 Å². The van der Waals surface area contributed by atoms with Gasteiger partial charge in [-0.05, 0) is 25.6 Å². The predicted molar refractivity (Wildman–Crippen MR) is 96.4 cm³/mol. The van der Waals surface area contributed by atoms with Crippen LogP contribution in [0, 0.1) is 0 Å². The first kappa shape index (κ1) is 16.5. The van der Waals surface area contributed by atoms with Crippen LogP contribution in [0.15, 0.2) is 35.2 Å². The van der Waals surface area contributed by atoms with Gasteiger partial charge in [-0.2, -0.15) is 0 Å². The number of hydrogen-bond acceptors (Lipinski definition) is 4. The summed E-state index contributed by atoms with van der Waals surface area (Å²) in [4.78, 5) is 18.9. The molecule has 3 rings (SSSR count). The molecule has 0 spiro atoms. The van der Waals surface area contributed by atoms with Crippen LogP contribution >= 0.6 is 34.5 Å². The van der Waals surface area contributed by atoms with Gasteiger partial charge in [0.15, 0.2) is 0 Å². The highest BCUT2D eigenvalue weighted by Crippen LogP contribution is 2.31. The molecule has 0 bridgehead atoms. The first-order valence-electron chi connectivity index (χ1n) is 7.13. The van der Waals surface area contributed by atoms with Crippen LogP contribution in [0.1, 0.15) is 6.42 Å². The molecule has 1 aromatic heterocycles. The predicted octanol–water partition coefficient (Wildman–Crippen LogP) is 4.32. The number of rotatable bonds is 3. The standard InChI is InChI=1S/C16H15Cl2N3OS/c1-21-6-4-10(5-7-21)15(22)19-14-9-23-16(20-14)11-2-3-12(17)13(18)8-11/h2-4,8-9H,5-7H2,1H3,(H,19,22). The highest BCUT2D eigenvalue weighted by Gasteiger charge is 2.16. The lowest BCUT2D eigenvalue weighted by Gasteiger charge is -2.20. The third kappa shape index (κ3) is 3.93. The maximum absolute atomic E-state index is 12.2. The van der Waals surface area contributed by atoms with Crippen LogP contribution in [0.5, 0.6) is 0 Å². The maximum atomic E-state index is 12.2. The minimum absolute atomic E-state index is 0.0795. The van der Waals surface area contributed by atoms with Crippen molar-refractivity contribution in [2.75, 3.05) is 25.5 Å². The van der Waals surface area contributed by atoms with E-state index in [1.807, 2.05) is 24.6 Å². The van der Waals surface area contributed by atoms with Crippen molar-refractivity contribution in [3.8, 4) is 10.6 Å². The summed E-state index contributed by atoms with van der Waals surface area (Å²) in [6.07, 6.45) is 2.72. The Hall–Kier alpha value is -1.40. The quantitative estimate of drug-likeness (QED) is 0.878. The molecule has 7 heteroatoms. The van der Waals surface area contributed by atoms with Crippen LogP contribution in [-0.4, -0.2) is 35.9 Å². The molecule has 0 radical (unpaired) electrons. The topological polar surface area (TPSA) is 45.2 Å². The first-order chi connectivity index (χ1) is 11.0. The summed E-state index contributed by atoms with van der Waals surface area (Å²) >= 11 is 13.4. The Morgan fingerprint density at radius 1 is 1.35 bits per heavy atom. The van der Waals surface area contributed by atoms with E-state index in [-0.39, 0.29) is 5.91 Å². The number of halogens is 2. The lowest BCUT2D eigenvalue weighted by atomic mass is 10.1. The van der Waals surface area contributed by atoms with Crippen molar-refractivity contribution in [3.63, 3.8) is 0 Å². The second-order valence-electron chi connectivity index (χ2n) is 5.36. The third-order valence-corrected chi connectivity index (χ3v) is 5.25. The second kappa shape index (κ2) is 7.01. The van der Waals surface area contributed by atoms with Crippen molar-refractivity contribution in [1.29, 1.82) is 0 Å². The van der Waals surface area contributed by atoms with Gasteiger partial charge in [-0.1, -0.05) is 35.3 Å². The van der Waals surface area contributed by atoms with Gasteiger partial charge in [-0.15, -0.1) is 11.3 Å². The van der Waals surface area contributed by atoms with Crippen LogP contribution in [0.3, 0.4) is 0 Å². The Balaban J connectivity index is 1.72. The number of anilines is 1. The molecule has 1 aliphatic rings. The van der Waals surface area contributed by atoms with Crippen molar-refractivity contribution in [2.24, 2.45) is 0 Å². The molecule has 0 fully saturated rings. The maximum Gasteiger partial charge on any atom is 0.252 e. The summed E-state index contributed by atoms with van der Waals surface area (Å²) in [7, 11) is 2.04. The van der Waals surface area contributed by atoms with Crippen molar-refractivity contribution in [3.05, 3.63) is 45.3 Å². The van der Waals surface area contributed by atoms with Gasteiger partial charge in [0, 0.05) is 29.6 Å². The number of nitrogens with zero attached hydrogens (tertiary/aromatic N) is 2. The second-order valence-corrected chi connectivity index (χ2v) is 7.04. The largest absolute Gasteiger partial charge is 0.306 e. The number of carbonyl (C=O) groups is 1. The van der Waals surface area contributed by atoms with Crippen molar-refractivity contribution >= 4 is 46.3 Å². The number of benzene rings is 1. The molecule has 1 aliphatic heterocycles. The molecule has 0 aliphatic carbocycles. The van der Waals surface area contributed by atoms with E-state index >= 15 is 0 Å². The molecular formula is C16H15Cl2N3OS. The summed E-state index contributed by atoms with van der Waals surface area (Å²) in [5, 5.41) is 6.47. The van der Waals surface area contributed by atoms with Gasteiger partial charge in [0.2, 0.25) is 0 Å². The number of carbonyl (C=O) groups excluding carboxylic acids is 1. The smallest absolute Gasteiger partial charge is 0.252 e. The van der Waals surface area contributed by atoms with Crippen molar-refractivity contribution < 1.29 is 4.79 Å². The molecule has 1 N–H and O–H groups in total. The number of aromatic nitrogens is 1. The van der Waals surface area contributed by atoms with Gasteiger partial charge in [0.05, 0.1) is 10.0 Å². The van der Waals surface area contributed by atoms with Gasteiger partial charge in [-0.3, -0.25) is 4.79 Å². The van der Waals surface area contributed by atoms with E-state index in [2.05, 4.69) is 15.2 Å². The normalized spacial score (nSPS) is 15.3. The minimum atomic E-state index is -0.0795. The summed E-state index contributed by atoms with van der Waals surface area (Å²) in [6.45, 7) is 1.69. The van der Waals surface area contributed by atoms with E-state index in [0.29, 0.717) is 15.9 Å². The lowest BCUT2D eigenvalue weighted by Crippen LogP contribution is -2.28. The number of amides is 1. The average Bonchev–Trinajstić information content (AvgIpc) is 2.99. The van der Waals surface area contributed by atoms with Crippen LogP contribution in [0.25, 0.3) is 10.6 Å². The fourth-order valence-corrected chi connectivity index (χ4v) is 3.31. The fourth-order valence-electron chi connectivity index (χ4n) is 2.27. The highest BCUT2D eigenvalue weighted by atomic mass is 35.5. The highest BCUT2D eigenvalue weighted by molar-refractivity contribution is 7.13. The Kier molecular flexibility index (Phi) is 5.02. The van der Waals surface area contributed by atoms with Gasteiger partial charge in [0.1, 0.15) is 10.8 Å². The van der Waals surface area contributed by atoms with Crippen molar-refractivity contribution in [2.45, 2.75) is 6.42 Å². The van der Waals surface area contributed by atoms with Crippen LogP contribution in [0.4, 0.5) is 5.82 Å². The molecule has 1 aromatic carbocycles.